The minimum Gasteiger partial charge on any atom is -0.383 e. The smallest absolute Gasteiger partial charge is 0.287 e. The third kappa shape index (κ3) is 5.00. The maximum absolute atomic E-state index is 12.9. The third-order valence-electron chi connectivity index (χ3n) is 4.57. The SMILES string of the molecule is COCCNC(=O)c1nc(C(=O)Nc2cccc(NC(C)=O)c2)c2n1CCCC2. The van der Waals surface area contributed by atoms with Crippen molar-refractivity contribution in [3.05, 3.63) is 41.5 Å². The van der Waals surface area contributed by atoms with Gasteiger partial charge < -0.3 is 25.3 Å². The number of benzene rings is 1. The summed E-state index contributed by atoms with van der Waals surface area (Å²) in [7, 11) is 1.56. The van der Waals surface area contributed by atoms with Crippen LogP contribution in [0.15, 0.2) is 24.3 Å². The Balaban J connectivity index is 1.82. The normalized spacial score (nSPS) is 12.8. The van der Waals surface area contributed by atoms with Crippen molar-refractivity contribution in [1.29, 1.82) is 0 Å². The summed E-state index contributed by atoms with van der Waals surface area (Å²) < 4.78 is 6.78. The van der Waals surface area contributed by atoms with Gasteiger partial charge in [0.2, 0.25) is 5.91 Å². The van der Waals surface area contributed by atoms with E-state index in [9.17, 15) is 14.4 Å². The van der Waals surface area contributed by atoms with E-state index in [0.717, 1.165) is 18.5 Å². The molecule has 1 aromatic heterocycles. The highest BCUT2D eigenvalue weighted by Crippen LogP contribution is 2.23. The van der Waals surface area contributed by atoms with Crippen molar-refractivity contribution in [2.45, 2.75) is 32.7 Å². The summed E-state index contributed by atoms with van der Waals surface area (Å²) >= 11 is 0. The number of imidazole rings is 1. The number of nitrogens with one attached hydrogen (secondary N) is 3. The second-order valence-corrected chi connectivity index (χ2v) is 6.80. The van der Waals surface area contributed by atoms with Crippen LogP contribution in [0.1, 0.15) is 46.6 Å². The summed E-state index contributed by atoms with van der Waals surface area (Å²) in [5.41, 5.74) is 2.14. The molecule has 1 aliphatic rings. The van der Waals surface area contributed by atoms with Crippen LogP contribution < -0.4 is 16.0 Å². The van der Waals surface area contributed by atoms with Gasteiger partial charge in [0, 0.05) is 38.5 Å². The molecule has 0 atom stereocenters. The Kier molecular flexibility index (Phi) is 6.61. The number of aromatic nitrogens is 2. The van der Waals surface area contributed by atoms with E-state index in [1.165, 1.54) is 6.92 Å². The molecule has 0 spiro atoms. The fourth-order valence-electron chi connectivity index (χ4n) is 3.31. The molecule has 1 aromatic carbocycles. The first kappa shape index (κ1) is 20.5. The molecule has 0 radical (unpaired) electrons. The third-order valence-corrected chi connectivity index (χ3v) is 4.57. The van der Waals surface area contributed by atoms with Crippen LogP contribution in [0.5, 0.6) is 0 Å². The number of nitrogens with zero attached hydrogens (tertiary/aromatic N) is 2. The molecular formula is C20H25N5O4. The Bertz CT molecular complexity index is 922. The number of methoxy groups -OCH3 is 1. The predicted molar refractivity (Wildman–Crippen MR) is 108 cm³/mol. The van der Waals surface area contributed by atoms with Crippen LogP contribution >= 0.6 is 0 Å². The standard InChI is InChI=1S/C20H25N5O4/c1-13(26)22-14-6-5-7-15(12-14)23-19(27)17-16-8-3-4-10-25(16)18(24-17)20(28)21-9-11-29-2/h5-7,12H,3-4,8-11H2,1-2H3,(H,21,28)(H,22,26)(H,23,27). The lowest BCUT2D eigenvalue weighted by Crippen LogP contribution is -2.30. The van der Waals surface area contributed by atoms with Crippen LogP contribution in [-0.4, -0.2) is 47.5 Å². The first-order valence-electron chi connectivity index (χ1n) is 9.55. The molecule has 3 N–H and O–H groups in total. The molecule has 0 aliphatic carbocycles. The van der Waals surface area contributed by atoms with E-state index >= 15 is 0 Å². The predicted octanol–water partition coefficient (Wildman–Crippen LogP) is 1.81. The highest BCUT2D eigenvalue weighted by molar-refractivity contribution is 6.05. The zero-order chi connectivity index (χ0) is 20.8. The van der Waals surface area contributed by atoms with Gasteiger partial charge in [-0.05, 0) is 37.5 Å². The van der Waals surface area contributed by atoms with Crippen LogP contribution in [0.4, 0.5) is 11.4 Å². The first-order valence-corrected chi connectivity index (χ1v) is 9.55. The molecule has 154 valence electrons. The zero-order valence-electron chi connectivity index (χ0n) is 16.6. The monoisotopic (exact) mass is 399 g/mol. The number of carbonyl (C=O) groups excluding carboxylic acids is 3. The molecule has 0 saturated heterocycles. The number of rotatable bonds is 7. The number of hydrogen-bond acceptors (Lipinski definition) is 5. The number of ether oxygens (including phenoxy) is 1. The molecule has 2 aromatic rings. The lowest BCUT2D eigenvalue weighted by atomic mass is 10.1. The van der Waals surface area contributed by atoms with Crippen molar-refractivity contribution in [2.24, 2.45) is 0 Å². The Labute approximate surface area is 168 Å². The lowest BCUT2D eigenvalue weighted by molar-refractivity contribution is -0.114. The number of carbonyl (C=O) groups is 3. The van der Waals surface area contributed by atoms with Gasteiger partial charge in [-0.3, -0.25) is 14.4 Å². The molecular weight excluding hydrogens is 374 g/mol. The van der Waals surface area contributed by atoms with Gasteiger partial charge in [0.25, 0.3) is 11.8 Å². The van der Waals surface area contributed by atoms with Gasteiger partial charge in [-0.2, -0.15) is 0 Å². The van der Waals surface area contributed by atoms with Crippen molar-refractivity contribution in [3.8, 4) is 0 Å². The second kappa shape index (κ2) is 9.33. The van der Waals surface area contributed by atoms with E-state index in [0.29, 0.717) is 37.5 Å². The molecule has 0 unspecified atom stereocenters. The topological polar surface area (TPSA) is 114 Å². The molecule has 3 rings (SSSR count). The van der Waals surface area contributed by atoms with Gasteiger partial charge in [-0.1, -0.05) is 6.07 Å². The Morgan fingerprint density at radius 3 is 2.62 bits per heavy atom. The summed E-state index contributed by atoms with van der Waals surface area (Å²) in [4.78, 5) is 41.0. The van der Waals surface area contributed by atoms with Gasteiger partial charge in [0.1, 0.15) is 0 Å². The van der Waals surface area contributed by atoms with E-state index in [2.05, 4.69) is 20.9 Å². The van der Waals surface area contributed by atoms with Gasteiger partial charge in [-0.25, -0.2) is 4.98 Å². The van der Waals surface area contributed by atoms with Gasteiger partial charge in [0.05, 0.1) is 12.3 Å². The van der Waals surface area contributed by atoms with E-state index in [4.69, 9.17) is 4.74 Å². The van der Waals surface area contributed by atoms with Crippen molar-refractivity contribution in [3.63, 3.8) is 0 Å². The van der Waals surface area contributed by atoms with E-state index in [1.807, 2.05) is 4.57 Å². The van der Waals surface area contributed by atoms with Gasteiger partial charge in [-0.15, -0.1) is 0 Å². The number of hydrogen-bond donors (Lipinski definition) is 3. The van der Waals surface area contributed by atoms with E-state index in [1.54, 1.807) is 31.4 Å². The van der Waals surface area contributed by atoms with Crippen molar-refractivity contribution < 1.29 is 19.1 Å². The van der Waals surface area contributed by atoms with Gasteiger partial charge in [0.15, 0.2) is 11.5 Å². The van der Waals surface area contributed by atoms with Crippen molar-refractivity contribution >= 4 is 29.1 Å². The Morgan fingerprint density at radius 2 is 1.90 bits per heavy atom. The average Bonchev–Trinajstić information content (AvgIpc) is 3.08. The zero-order valence-corrected chi connectivity index (χ0v) is 16.6. The van der Waals surface area contributed by atoms with Crippen molar-refractivity contribution in [2.75, 3.05) is 30.9 Å². The number of amides is 3. The molecule has 0 saturated carbocycles. The molecule has 0 bridgehead atoms. The van der Waals surface area contributed by atoms with Crippen LogP contribution in [0, 0.1) is 0 Å². The molecule has 9 heteroatoms. The summed E-state index contributed by atoms with van der Waals surface area (Å²) in [6.07, 6.45) is 2.56. The van der Waals surface area contributed by atoms with Crippen molar-refractivity contribution in [1.82, 2.24) is 14.9 Å². The molecule has 0 fully saturated rings. The number of fused-ring (bicyclic) bond motifs is 1. The minimum atomic E-state index is -0.383. The minimum absolute atomic E-state index is 0.194. The largest absolute Gasteiger partial charge is 0.383 e. The quantitative estimate of drug-likeness (QED) is 0.615. The highest BCUT2D eigenvalue weighted by Gasteiger charge is 2.27. The van der Waals surface area contributed by atoms with E-state index in [-0.39, 0.29) is 29.2 Å². The molecule has 29 heavy (non-hydrogen) atoms. The molecule has 1 aliphatic heterocycles. The lowest BCUT2D eigenvalue weighted by Gasteiger charge is -2.17. The maximum Gasteiger partial charge on any atom is 0.287 e. The Morgan fingerprint density at radius 1 is 1.14 bits per heavy atom. The van der Waals surface area contributed by atoms with Crippen LogP contribution in [0.2, 0.25) is 0 Å². The Hall–Kier alpha value is -3.20. The molecule has 3 amide bonds. The van der Waals surface area contributed by atoms with Crippen LogP contribution in [0.3, 0.4) is 0 Å². The number of anilines is 2. The summed E-state index contributed by atoms with van der Waals surface area (Å²) in [6, 6.07) is 6.86. The highest BCUT2D eigenvalue weighted by atomic mass is 16.5. The van der Waals surface area contributed by atoms with Crippen LogP contribution in [-0.2, 0) is 22.5 Å². The summed E-state index contributed by atoms with van der Waals surface area (Å²) in [5.74, 6) is -0.655. The molecule has 2 heterocycles. The fraction of sp³-hybridized carbons (Fsp3) is 0.400. The van der Waals surface area contributed by atoms with E-state index < -0.39 is 0 Å². The van der Waals surface area contributed by atoms with Crippen LogP contribution in [0.25, 0.3) is 0 Å². The maximum atomic E-state index is 12.9. The summed E-state index contributed by atoms with van der Waals surface area (Å²) in [6.45, 7) is 2.84. The second-order valence-electron chi connectivity index (χ2n) is 6.80. The van der Waals surface area contributed by atoms with Gasteiger partial charge >= 0.3 is 0 Å². The average molecular weight is 399 g/mol. The first-order chi connectivity index (χ1) is 14.0. The molecule has 9 nitrogen and oxygen atoms in total. The summed E-state index contributed by atoms with van der Waals surface area (Å²) in [5, 5.41) is 8.25. The fourth-order valence-corrected chi connectivity index (χ4v) is 3.31.